The minimum Gasteiger partial charge on any atom is -0.497 e. The van der Waals surface area contributed by atoms with Gasteiger partial charge in [-0.25, -0.2) is 0 Å². The van der Waals surface area contributed by atoms with Crippen molar-refractivity contribution in [3.05, 3.63) is 24.3 Å². The van der Waals surface area contributed by atoms with E-state index in [1.54, 1.807) is 59.1 Å². The molecule has 1 N–H and O–H groups in total. The first-order valence-electron chi connectivity index (χ1n) is 8.99. The van der Waals surface area contributed by atoms with Crippen LogP contribution in [0.3, 0.4) is 0 Å². The first kappa shape index (κ1) is 18.6. The van der Waals surface area contributed by atoms with Crippen LogP contribution in [0.15, 0.2) is 24.3 Å². The van der Waals surface area contributed by atoms with E-state index in [4.69, 9.17) is 28.4 Å². The SMILES string of the molecule is COc1cccc(NC(=O)[C@H]2O[C@@H]3OC(C)(C)O[C@@H]3[C@H]3OC(C)(C)O[C@H]32)c1. The van der Waals surface area contributed by atoms with Crippen LogP contribution in [0, 0.1) is 0 Å². The van der Waals surface area contributed by atoms with Crippen molar-refractivity contribution in [3.8, 4) is 5.75 Å². The highest BCUT2D eigenvalue weighted by Crippen LogP contribution is 2.44. The van der Waals surface area contributed by atoms with Crippen molar-refractivity contribution in [2.75, 3.05) is 12.4 Å². The summed E-state index contributed by atoms with van der Waals surface area (Å²) in [7, 11) is 1.57. The third-order valence-corrected chi connectivity index (χ3v) is 4.75. The topological polar surface area (TPSA) is 84.5 Å². The monoisotopic (exact) mass is 379 g/mol. The molecule has 0 aromatic heterocycles. The van der Waals surface area contributed by atoms with Gasteiger partial charge in [0.15, 0.2) is 24.0 Å². The predicted octanol–water partition coefficient (Wildman–Crippen LogP) is 2.03. The molecular formula is C19H25NO7. The van der Waals surface area contributed by atoms with Gasteiger partial charge in [-0.15, -0.1) is 0 Å². The lowest BCUT2D eigenvalue weighted by Crippen LogP contribution is -2.58. The minimum absolute atomic E-state index is 0.341. The van der Waals surface area contributed by atoms with Crippen molar-refractivity contribution in [2.24, 2.45) is 0 Å². The van der Waals surface area contributed by atoms with Crippen molar-refractivity contribution in [1.82, 2.24) is 0 Å². The molecule has 0 aliphatic carbocycles. The van der Waals surface area contributed by atoms with Crippen LogP contribution in [0.4, 0.5) is 5.69 Å². The van der Waals surface area contributed by atoms with Gasteiger partial charge < -0.3 is 33.7 Å². The van der Waals surface area contributed by atoms with Gasteiger partial charge in [0.2, 0.25) is 0 Å². The Labute approximate surface area is 158 Å². The third kappa shape index (κ3) is 3.55. The summed E-state index contributed by atoms with van der Waals surface area (Å²) < 4.78 is 34.9. The lowest BCUT2D eigenvalue weighted by molar-refractivity contribution is -0.229. The van der Waals surface area contributed by atoms with Gasteiger partial charge in [0.1, 0.15) is 24.1 Å². The summed E-state index contributed by atoms with van der Waals surface area (Å²) in [6.07, 6.45) is -3.15. The summed E-state index contributed by atoms with van der Waals surface area (Å²) in [5, 5.41) is 2.85. The van der Waals surface area contributed by atoms with Crippen LogP contribution in [0.2, 0.25) is 0 Å². The van der Waals surface area contributed by atoms with E-state index in [1.807, 2.05) is 0 Å². The van der Waals surface area contributed by atoms with E-state index in [0.29, 0.717) is 11.4 Å². The molecule has 3 aliphatic heterocycles. The molecule has 0 spiro atoms. The summed E-state index contributed by atoms with van der Waals surface area (Å²) in [5.74, 6) is -1.37. The Bertz CT molecular complexity index is 735. The van der Waals surface area contributed by atoms with Gasteiger partial charge in [0.05, 0.1) is 7.11 Å². The Hall–Kier alpha value is -1.71. The lowest BCUT2D eigenvalue weighted by atomic mass is 9.98. The van der Waals surface area contributed by atoms with Gasteiger partial charge in [-0.3, -0.25) is 4.79 Å². The molecule has 1 aromatic carbocycles. The van der Waals surface area contributed by atoms with Crippen molar-refractivity contribution in [3.63, 3.8) is 0 Å². The number of rotatable bonds is 3. The number of amides is 1. The number of fused-ring (bicyclic) bond motifs is 3. The molecule has 3 aliphatic rings. The smallest absolute Gasteiger partial charge is 0.256 e. The van der Waals surface area contributed by atoms with E-state index in [-0.39, 0.29) is 5.91 Å². The molecule has 1 aromatic rings. The van der Waals surface area contributed by atoms with Crippen LogP contribution in [-0.2, 0) is 28.5 Å². The van der Waals surface area contributed by atoms with Crippen molar-refractivity contribution in [1.29, 1.82) is 0 Å². The minimum atomic E-state index is -0.901. The fourth-order valence-corrected chi connectivity index (χ4v) is 3.74. The summed E-state index contributed by atoms with van der Waals surface area (Å²) in [6, 6.07) is 7.10. The number of methoxy groups -OCH3 is 1. The van der Waals surface area contributed by atoms with E-state index in [0.717, 1.165) is 0 Å². The molecule has 1 amide bonds. The molecule has 3 saturated heterocycles. The fourth-order valence-electron chi connectivity index (χ4n) is 3.74. The van der Waals surface area contributed by atoms with E-state index in [2.05, 4.69) is 5.32 Å². The maximum Gasteiger partial charge on any atom is 0.256 e. The molecule has 0 bridgehead atoms. The average Bonchev–Trinajstić information content (AvgIpc) is 3.08. The zero-order chi connectivity index (χ0) is 19.4. The molecule has 8 nitrogen and oxygen atoms in total. The second kappa shape index (κ2) is 6.42. The zero-order valence-corrected chi connectivity index (χ0v) is 16.1. The second-order valence-electron chi connectivity index (χ2n) is 7.81. The largest absolute Gasteiger partial charge is 0.497 e. The number of ether oxygens (including phenoxy) is 6. The molecule has 5 atom stereocenters. The standard InChI is InChI=1S/C19H25NO7/c1-18(2)24-12-13(25-18)15-17(27-19(3,4)26-15)23-14(12)16(21)20-10-7-6-8-11(9-10)22-5/h6-9,12-15,17H,1-5H3,(H,20,21)/t12-,13+,14+,15-,17-/m1/s1. The Morgan fingerprint density at radius 1 is 1.00 bits per heavy atom. The van der Waals surface area contributed by atoms with E-state index in [9.17, 15) is 4.79 Å². The van der Waals surface area contributed by atoms with Gasteiger partial charge in [0, 0.05) is 11.8 Å². The highest BCUT2D eigenvalue weighted by molar-refractivity contribution is 5.95. The number of benzene rings is 1. The Balaban J connectivity index is 1.57. The molecule has 4 rings (SSSR count). The number of hydrogen-bond acceptors (Lipinski definition) is 7. The van der Waals surface area contributed by atoms with Crippen LogP contribution >= 0.6 is 0 Å². The number of anilines is 1. The molecule has 3 heterocycles. The summed E-state index contributed by atoms with van der Waals surface area (Å²) >= 11 is 0. The summed E-state index contributed by atoms with van der Waals surface area (Å²) in [6.45, 7) is 7.21. The summed E-state index contributed by atoms with van der Waals surface area (Å²) in [4.78, 5) is 13.0. The number of nitrogens with one attached hydrogen (secondary N) is 1. The van der Waals surface area contributed by atoms with Crippen LogP contribution in [0.25, 0.3) is 0 Å². The Kier molecular flexibility index (Phi) is 4.44. The Morgan fingerprint density at radius 3 is 2.41 bits per heavy atom. The second-order valence-corrected chi connectivity index (χ2v) is 7.81. The van der Waals surface area contributed by atoms with Gasteiger partial charge in [0.25, 0.3) is 5.91 Å². The molecular weight excluding hydrogens is 354 g/mol. The van der Waals surface area contributed by atoms with Crippen LogP contribution in [0.5, 0.6) is 5.75 Å². The van der Waals surface area contributed by atoms with Gasteiger partial charge >= 0.3 is 0 Å². The molecule has 0 radical (unpaired) electrons. The van der Waals surface area contributed by atoms with Gasteiger partial charge in [-0.05, 0) is 39.8 Å². The maximum absolute atomic E-state index is 13.0. The summed E-state index contributed by atoms with van der Waals surface area (Å²) in [5.41, 5.74) is 0.601. The normalized spacial score (nSPS) is 36.0. The quantitative estimate of drug-likeness (QED) is 0.860. The molecule has 3 fully saturated rings. The fraction of sp³-hybridized carbons (Fsp3) is 0.632. The number of carbonyl (C=O) groups excluding carboxylic acids is 1. The average molecular weight is 379 g/mol. The molecule has 0 unspecified atom stereocenters. The maximum atomic E-state index is 13.0. The highest BCUT2D eigenvalue weighted by atomic mass is 16.9. The molecule has 148 valence electrons. The van der Waals surface area contributed by atoms with Crippen molar-refractivity contribution < 1.29 is 33.2 Å². The molecule has 8 heteroatoms. The number of carbonyl (C=O) groups is 1. The third-order valence-electron chi connectivity index (χ3n) is 4.75. The number of hydrogen-bond donors (Lipinski definition) is 1. The Morgan fingerprint density at radius 2 is 1.67 bits per heavy atom. The van der Waals surface area contributed by atoms with Crippen molar-refractivity contribution in [2.45, 2.75) is 70.0 Å². The van der Waals surface area contributed by atoms with E-state index < -0.39 is 42.3 Å². The first-order valence-corrected chi connectivity index (χ1v) is 8.99. The van der Waals surface area contributed by atoms with Gasteiger partial charge in [-0.1, -0.05) is 6.07 Å². The zero-order valence-electron chi connectivity index (χ0n) is 16.1. The van der Waals surface area contributed by atoms with Crippen molar-refractivity contribution >= 4 is 11.6 Å². The molecule has 27 heavy (non-hydrogen) atoms. The van der Waals surface area contributed by atoms with E-state index >= 15 is 0 Å². The molecule has 0 saturated carbocycles. The van der Waals surface area contributed by atoms with Crippen LogP contribution in [0.1, 0.15) is 27.7 Å². The highest BCUT2D eigenvalue weighted by Gasteiger charge is 2.62. The van der Waals surface area contributed by atoms with Crippen LogP contribution < -0.4 is 10.1 Å². The predicted molar refractivity (Wildman–Crippen MR) is 94.1 cm³/mol. The first-order chi connectivity index (χ1) is 12.7. The van der Waals surface area contributed by atoms with E-state index in [1.165, 1.54) is 0 Å². The van der Waals surface area contributed by atoms with Gasteiger partial charge in [-0.2, -0.15) is 0 Å². The van der Waals surface area contributed by atoms with Crippen LogP contribution in [-0.4, -0.2) is 55.3 Å². The lowest BCUT2D eigenvalue weighted by Gasteiger charge is -2.36.